The van der Waals surface area contributed by atoms with Gasteiger partial charge in [-0.2, -0.15) is 0 Å². The minimum Gasteiger partial charge on any atom is -0.507 e. The summed E-state index contributed by atoms with van der Waals surface area (Å²) in [4.78, 5) is 11.6. The third-order valence-electron chi connectivity index (χ3n) is 2.07. The molecule has 3 heteroatoms. The monoisotopic (exact) mass is 208 g/mol. The Labute approximate surface area is 89.7 Å². The Morgan fingerprint density at radius 2 is 1.73 bits per heavy atom. The maximum atomic E-state index is 11.6. The van der Waals surface area contributed by atoms with Gasteiger partial charge in [0.2, 0.25) is 0 Å². The summed E-state index contributed by atoms with van der Waals surface area (Å²) in [5.41, 5.74) is 1.85. The molecule has 3 nitrogen and oxygen atoms in total. The molecule has 1 aromatic rings. The zero-order chi connectivity index (χ0) is 11.6. The average Bonchev–Trinajstić information content (AvgIpc) is 2.12. The second-order valence-electron chi connectivity index (χ2n) is 3.91. The average molecular weight is 208 g/mol. The Balaban J connectivity index is 3.01. The van der Waals surface area contributed by atoms with Crippen molar-refractivity contribution in [1.82, 2.24) is 0 Å². The standard InChI is InChI=1S/C12H16O3/c1-7(2)15-12(14)10-5-8(3)11(13)9(4)6-10/h5-7,13H,1-4H3. The minimum absolute atomic E-state index is 0.132. The van der Waals surface area contributed by atoms with Crippen molar-refractivity contribution in [3.63, 3.8) is 0 Å². The molecule has 0 saturated carbocycles. The summed E-state index contributed by atoms with van der Waals surface area (Å²) < 4.78 is 5.07. The molecule has 0 bridgehead atoms. The lowest BCUT2D eigenvalue weighted by molar-refractivity contribution is 0.0377. The van der Waals surface area contributed by atoms with Gasteiger partial charge in [-0.05, 0) is 51.0 Å². The van der Waals surface area contributed by atoms with E-state index in [1.54, 1.807) is 39.8 Å². The molecule has 0 aliphatic heterocycles. The van der Waals surface area contributed by atoms with E-state index in [-0.39, 0.29) is 17.8 Å². The summed E-state index contributed by atoms with van der Waals surface area (Å²) in [6.07, 6.45) is -0.132. The Bertz CT molecular complexity index is 357. The van der Waals surface area contributed by atoms with Crippen molar-refractivity contribution in [2.24, 2.45) is 0 Å². The number of hydrogen-bond acceptors (Lipinski definition) is 3. The van der Waals surface area contributed by atoms with Crippen molar-refractivity contribution in [3.05, 3.63) is 28.8 Å². The molecule has 0 aliphatic carbocycles. The van der Waals surface area contributed by atoms with Gasteiger partial charge in [0.15, 0.2) is 0 Å². The van der Waals surface area contributed by atoms with E-state index < -0.39 is 0 Å². The molecule has 0 aromatic heterocycles. The van der Waals surface area contributed by atoms with Crippen LogP contribution in [-0.2, 0) is 4.74 Å². The molecular weight excluding hydrogens is 192 g/mol. The molecule has 0 fully saturated rings. The fourth-order valence-corrected chi connectivity index (χ4v) is 1.36. The Morgan fingerprint density at radius 1 is 1.27 bits per heavy atom. The van der Waals surface area contributed by atoms with Crippen LogP contribution in [0.4, 0.5) is 0 Å². The van der Waals surface area contributed by atoms with Gasteiger partial charge in [0.25, 0.3) is 0 Å². The number of hydrogen-bond donors (Lipinski definition) is 1. The third kappa shape index (κ3) is 2.72. The lowest BCUT2D eigenvalue weighted by Crippen LogP contribution is -2.11. The van der Waals surface area contributed by atoms with Crippen LogP contribution in [0.5, 0.6) is 5.75 Å². The van der Waals surface area contributed by atoms with Crippen LogP contribution in [0.25, 0.3) is 0 Å². The molecule has 0 spiro atoms. The van der Waals surface area contributed by atoms with Crippen molar-refractivity contribution in [1.29, 1.82) is 0 Å². The molecule has 1 rings (SSSR count). The summed E-state index contributed by atoms with van der Waals surface area (Å²) >= 11 is 0. The molecule has 1 N–H and O–H groups in total. The number of benzene rings is 1. The first-order chi connectivity index (χ1) is 6.91. The van der Waals surface area contributed by atoms with E-state index in [2.05, 4.69) is 0 Å². The highest BCUT2D eigenvalue weighted by molar-refractivity contribution is 5.90. The van der Waals surface area contributed by atoms with Crippen LogP contribution in [0, 0.1) is 13.8 Å². The van der Waals surface area contributed by atoms with Crippen molar-refractivity contribution in [2.75, 3.05) is 0 Å². The molecule has 82 valence electrons. The van der Waals surface area contributed by atoms with Gasteiger partial charge in [0.1, 0.15) is 5.75 Å². The first kappa shape index (κ1) is 11.6. The molecule has 0 saturated heterocycles. The number of esters is 1. The van der Waals surface area contributed by atoms with Crippen LogP contribution in [0.3, 0.4) is 0 Å². The fourth-order valence-electron chi connectivity index (χ4n) is 1.36. The summed E-state index contributed by atoms with van der Waals surface area (Å²) in [5, 5.41) is 9.54. The fraction of sp³-hybridized carbons (Fsp3) is 0.417. The predicted octanol–water partition coefficient (Wildman–Crippen LogP) is 2.57. The first-order valence-electron chi connectivity index (χ1n) is 4.93. The molecule has 0 heterocycles. The van der Waals surface area contributed by atoms with Gasteiger partial charge in [0, 0.05) is 0 Å². The largest absolute Gasteiger partial charge is 0.507 e. The van der Waals surface area contributed by atoms with Crippen LogP contribution in [0.2, 0.25) is 0 Å². The summed E-state index contributed by atoms with van der Waals surface area (Å²) in [6.45, 7) is 7.12. The molecule has 0 atom stereocenters. The van der Waals surface area contributed by atoms with Crippen molar-refractivity contribution in [2.45, 2.75) is 33.8 Å². The summed E-state index contributed by atoms with van der Waals surface area (Å²) in [5.74, 6) is -0.118. The van der Waals surface area contributed by atoms with Crippen LogP contribution in [0.1, 0.15) is 35.3 Å². The number of rotatable bonds is 2. The number of phenolic OH excluding ortho intramolecular Hbond substituents is 1. The quantitative estimate of drug-likeness (QED) is 0.760. The second-order valence-corrected chi connectivity index (χ2v) is 3.91. The van der Waals surface area contributed by atoms with Gasteiger partial charge in [-0.1, -0.05) is 0 Å². The maximum absolute atomic E-state index is 11.6. The highest BCUT2D eigenvalue weighted by Gasteiger charge is 2.12. The number of carbonyl (C=O) groups is 1. The van der Waals surface area contributed by atoms with Gasteiger partial charge in [0.05, 0.1) is 11.7 Å². The Kier molecular flexibility index (Phi) is 3.35. The Hall–Kier alpha value is -1.51. The molecule has 0 radical (unpaired) electrons. The Morgan fingerprint density at radius 3 is 2.13 bits per heavy atom. The lowest BCUT2D eigenvalue weighted by Gasteiger charge is -2.10. The van der Waals surface area contributed by atoms with Gasteiger partial charge in [-0.15, -0.1) is 0 Å². The molecule has 0 amide bonds. The zero-order valence-electron chi connectivity index (χ0n) is 9.50. The first-order valence-corrected chi connectivity index (χ1v) is 4.93. The molecule has 0 unspecified atom stereocenters. The summed E-state index contributed by atoms with van der Waals surface area (Å²) in [7, 11) is 0. The number of phenols is 1. The van der Waals surface area contributed by atoms with Gasteiger partial charge in [-0.25, -0.2) is 4.79 Å². The van der Waals surface area contributed by atoms with E-state index in [4.69, 9.17) is 4.74 Å². The van der Waals surface area contributed by atoms with Crippen molar-refractivity contribution in [3.8, 4) is 5.75 Å². The molecule has 0 aliphatic rings. The van der Waals surface area contributed by atoms with Crippen LogP contribution in [0.15, 0.2) is 12.1 Å². The highest BCUT2D eigenvalue weighted by atomic mass is 16.5. The maximum Gasteiger partial charge on any atom is 0.338 e. The number of aromatic hydroxyl groups is 1. The highest BCUT2D eigenvalue weighted by Crippen LogP contribution is 2.23. The number of ether oxygens (including phenoxy) is 1. The van der Waals surface area contributed by atoms with Gasteiger partial charge >= 0.3 is 5.97 Å². The van der Waals surface area contributed by atoms with Crippen LogP contribution >= 0.6 is 0 Å². The number of carbonyl (C=O) groups excluding carboxylic acids is 1. The van der Waals surface area contributed by atoms with Crippen molar-refractivity contribution >= 4 is 5.97 Å². The smallest absolute Gasteiger partial charge is 0.338 e. The summed E-state index contributed by atoms with van der Waals surface area (Å²) in [6, 6.07) is 3.26. The van der Waals surface area contributed by atoms with Crippen molar-refractivity contribution < 1.29 is 14.6 Å². The topological polar surface area (TPSA) is 46.5 Å². The van der Waals surface area contributed by atoms with Gasteiger partial charge < -0.3 is 9.84 Å². The van der Waals surface area contributed by atoms with Crippen LogP contribution < -0.4 is 0 Å². The van der Waals surface area contributed by atoms with E-state index in [1.807, 2.05) is 0 Å². The molecular formula is C12H16O3. The third-order valence-corrected chi connectivity index (χ3v) is 2.07. The lowest BCUT2D eigenvalue weighted by atomic mass is 10.1. The van der Waals surface area contributed by atoms with Crippen LogP contribution in [-0.4, -0.2) is 17.2 Å². The molecule has 1 aromatic carbocycles. The number of aryl methyl sites for hydroxylation is 2. The SMILES string of the molecule is Cc1cc(C(=O)OC(C)C)cc(C)c1O. The van der Waals surface area contributed by atoms with E-state index >= 15 is 0 Å². The van der Waals surface area contributed by atoms with E-state index in [9.17, 15) is 9.90 Å². The molecule has 15 heavy (non-hydrogen) atoms. The van der Waals surface area contributed by atoms with E-state index in [1.165, 1.54) is 0 Å². The van der Waals surface area contributed by atoms with Gasteiger partial charge in [-0.3, -0.25) is 0 Å². The second kappa shape index (κ2) is 4.34. The zero-order valence-corrected chi connectivity index (χ0v) is 9.50. The van der Waals surface area contributed by atoms with E-state index in [0.717, 1.165) is 0 Å². The normalized spacial score (nSPS) is 10.5. The predicted molar refractivity (Wildman–Crippen MR) is 58.1 cm³/mol. The van der Waals surface area contributed by atoms with E-state index in [0.29, 0.717) is 16.7 Å². The minimum atomic E-state index is -0.351.